The fourth-order valence-corrected chi connectivity index (χ4v) is 1.28. The van der Waals surface area contributed by atoms with Crippen LogP contribution >= 0.6 is 0 Å². The van der Waals surface area contributed by atoms with Crippen molar-refractivity contribution in [1.29, 1.82) is 0 Å². The topological polar surface area (TPSA) is 47.3 Å². The van der Waals surface area contributed by atoms with Crippen molar-refractivity contribution in [3.63, 3.8) is 0 Å². The summed E-state index contributed by atoms with van der Waals surface area (Å²) in [6.45, 7) is 9.50. The van der Waals surface area contributed by atoms with E-state index in [9.17, 15) is 0 Å². The molecular weight excluding hydrogens is 204 g/mol. The highest BCUT2D eigenvalue weighted by atomic mass is 16.5. The van der Waals surface area contributed by atoms with Crippen LogP contribution in [0.5, 0.6) is 0 Å². The van der Waals surface area contributed by atoms with E-state index in [1.807, 2.05) is 13.0 Å². The zero-order valence-electron chi connectivity index (χ0n) is 10.5. The molecule has 0 radical (unpaired) electrons. The van der Waals surface area contributed by atoms with Crippen LogP contribution in [0.25, 0.3) is 0 Å². The molecule has 1 aromatic heterocycles. The van der Waals surface area contributed by atoms with Crippen LogP contribution in [0.2, 0.25) is 0 Å². The highest BCUT2D eigenvalue weighted by Crippen LogP contribution is 2.00. The van der Waals surface area contributed by atoms with Gasteiger partial charge in [-0.1, -0.05) is 19.0 Å². The largest absolute Gasteiger partial charge is 0.380 e. The molecule has 1 rings (SSSR count). The number of hydrogen-bond acceptors (Lipinski definition) is 4. The minimum atomic E-state index is 0.714. The summed E-state index contributed by atoms with van der Waals surface area (Å²) in [6, 6.07) is 1.94. The first-order valence-electron chi connectivity index (χ1n) is 5.89. The van der Waals surface area contributed by atoms with E-state index in [0.717, 1.165) is 44.2 Å². The van der Waals surface area contributed by atoms with Crippen molar-refractivity contribution < 1.29 is 9.26 Å². The molecule has 0 saturated heterocycles. The SMILES string of the molecule is Cc1cc(CNCCOCCC(C)C)no1. The van der Waals surface area contributed by atoms with Crippen LogP contribution in [-0.2, 0) is 11.3 Å². The summed E-state index contributed by atoms with van der Waals surface area (Å²) >= 11 is 0. The van der Waals surface area contributed by atoms with Crippen molar-refractivity contribution in [3.8, 4) is 0 Å². The molecule has 0 atom stereocenters. The lowest BCUT2D eigenvalue weighted by atomic mass is 10.1. The molecule has 0 bridgehead atoms. The molecule has 0 amide bonds. The van der Waals surface area contributed by atoms with Crippen LogP contribution in [0, 0.1) is 12.8 Å². The van der Waals surface area contributed by atoms with E-state index in [2.05, 4.69) is 24.3 Å². The minimum absolute atomic E-state index is 0.714. The summed E-state index contributed by atoms with van der Waals surface area (Å²) in [6.07, 6.45) is 1.13. The van der Waals surface area contributed by atoms with E-state index in [4.69, 9.17) is 9.26 Å². The number of nitrogens with zero attached hydrogens (tertiary/aromatic N) is 1. The Morgan fingerprint density at radius 3 is 2.88 bits per heavy atom. The monoisotopic (exact) mass is 226 g/mol. The van der Waals surface area contributed by atoms with E-state index in [1.54, 1.807) is 0 Å². The van der Waals surface area contributed by atoms with Crippen LogP contribution in [0.3, 0.4) is 0 Å². The van der Waals surface area contributed by atoms with E-state index in [-0.39, 0.29) is 0 Å². The smallest absolute Gasteiger partial charge is 0.133 e. The first-order valence-corrected chi connectivity index (χ1v) is 5.89. The van der Waals surface area contributed by atoms with Gasteiger partial charge in [-0.25, -0.2) is 0 Å². The molecular formula is C12H22N2O2. The molecule has 0 spiro atoms. The highest BCUT2D eigenvalue weighted by molar-refractivity contribution is 5.02. The van der Waals surface area contributed by atoms with Crippen LogP contribution in [0.4, 0.5) is 0 Å². The standard InChI is InChI=1S/C12H22N2O2/c1-10(2)4-6-15-7-5-13-9-12-8-11(3)16-14-12/h8,10,13H,4-7,9H2,1-3H3. The number of ether oxygens (including phenoxy) is 1. The van der Waals surface area contributed by atoms with E-state index in [0.29, 0.717) is 5.92 Å². The van der Waals surface area contributed by atoms with Gasteiger partial charge >= 0.3 is 0 Å². The van der Waals surface area contributed by atoms with Gasteiger partial charge in [0.05, 0.1) is 12.3 Å². The van der Waals surface area contributed by atoms with E-state index < -0.39 is 0 Å². The maximum absolute atomic E-state index is 5.48. The second-order valence-electron chi connectivity index (χ2n) is 4.40. The predicted molar refractivity (Wildman–Crippen MR) is 63.2 cm³/mol. The molecule has 0 unspecified atom stereocenters. The van der Waals surface area contributed by atoms with Crippen molar-refractivity contribution >= 4 is 0 Å². The van der Waals surface area contributed by atoms with Gasteiger partial charge in [0.2, 0.25) is 0 Å². The first kappa shape index (κ1) is 13.2. The van der Waals surface area contributed by atoms with Crippen molar-refractivity contribution in [2.75, 3.05) is 19.8 Å². The Labute approximate surface area is 97.3 Å². The molecule has 4 heteroatoms. The summed E-state index contributed by atoms with van der Waals surface area (Å²) in [5, 5.41) is 7.15. The molecule has 4 nitrogen and oxygen atoms in total. The fraction of sp³-hybridized carbons (Fsp3) is 0.750. The molecule has 1 heterocycles. The maximum atomic E-state index is 5.48. The number of rotatable bonds is 8. The Morgan fingerprint density at radius 2 is 2.25 bits per heavy atom. The predicted octanol–water partition coefficient (Wildman–Crippen LogP) is 2.14. The maximum Gasteiger partial charge on any atom is 0.133 e. The Balaban J connectivity index is 1.92. The second-order valence-corrected chi connectivity index (χ2v) is 4.40. The molecule has 1 N–H and O–H groups in total. The summed E-state index contributed by atoms with van der Waals surface area (Å²) in [4.78, 5) is 0. The van der Waals surface area contributed by atoms with Crippen molar-refractivity contribution in [1.82, 2.24) is 10.5 Å². The summed E-state index contributed by atoms with van der Waals surface area (Å²) in [5.74, 6) is 1.57. The third-order valence-electron chi connectivity index (χ3n) is 2.25. The lowest BCUT2D eigenvalue weighted by molar-refractivity contribution is 0.125. The zero-order valence-corrected chi connectivity index (χ0v) is 10.5. The van der Waals surface area contributed by atoms with Crippen LogP contribution in [0.1, 0.15) is 31.7 Å². The van der Waals surface area contributed by atoms with Crippen LogP contribution in [-0.4, -0.2) is 24.9 Å². The third kappa shape index (κ3) is 5.88. The van der Waals surface area contributed by atoms with Crippen molar-refractivity contribution in [2.24, 2.45) is 5.92 Å². The average molecular weight is 226 g/mol. The number of hydrogen-bond donors (Lipinski definition) is 1. The lowest BCUT2D eigenvalue weighted by Crippen LogP contribution is -2.19. The van der Waals surface area contributed by atoms with Gasteiger partial charge in [0.25, 0.3) is 0 Å². The van der Waals surface area contributed by atoms with Crippen molar-refractivity contribution in [2.45, 2.75) is 33.7 Å². The second kappa shape index (κ2) is 7.41. The van der Waals surface area contributed by atoms with Crippen LogP contribution in [0.15, 0.2) is 10.6 Å². The summed E-state index contributed by atoms with van der Waals surface area (Å²) in [7, 11) is 0. The molecule has 0 aromatic carbocycles. The summed E-state index contributed by atoms with van der Waals surface area (Å²) < 4.78 is 10.4. The van der Waals surface area contributed by atoms with Gasteiger partial charge in [-0.3, -0.25) is 0 Å². The Morgan fingerprint density at radius 1 is 1.44 bits per heavy atom. The molecule has 0 fully saturated rings. The Hall–Kier alpha value is -0.870. The van der Waals surface area contributed by atoms with Crippen LogP contribution < -0.4 is 5.32 Å². The Kier molecular flexibility index (Phi) is 6.11. The molecule has 0 saturated carbocycles. The number of nitrogens with one attached hydrogen (secondary N) is 1. The van der Waals surface area contributed by atoms with Gasteiger partial charge in [-0.05, 0) is 19.3 Å². The molecule has 0 aliphatic rings. The lowest BCUT2D eigenvalue weighted by Gasteiger charge is -2.06. The molecule has 92 valence electrons. The zero-order chi connectivity index (χ0) is 11.8. The normalized spacial score (nSPS) is 11.2. The van der Waals surface area contributed by atoms with E-state index >= 15 is 0 Å². The first-order chi connectivity index (χ1) is 7.68. The quantitative estimate of drug-likeness (QED) is 0.690. The molecule has 16 heavy (non-hydrogen) atoms. The number of aromatic nitrogens is 1. The fourth-order valence-electron chi connectivity index (χ4n) is 1.28. The van der Waals surface area contributed by atoms with Gasteiger partial charge in [0, 0.05) is 25.8 Å². The van der Waals surface area contributed by atoms with Gasteiger partial charge in [0.15, 0.2) is 0 Å². The number of aryl methyl sites for hydroxylation is 1. The van der Waals surface area contributed by atoms with Gasteiger partial charge in [-0.15, -0.1) is 0 Å². The average Bonchev–Trinajstić information content (AvgIpc) is 2.62. The van der Waals surface area contributed by atoms with Gasteiger partial charge in [0.1, 0.15) is 5.76 Å². The van der Waals surface area contributed by atoms with Gasteiger partial charge in [-0.2, -0.15) is 0 Å². The highest BCUT2D eigenvalue weighted by Gasteiger charge is 1.99. The minimum Gasteiger partial charge on any atom is -0.380 e. The van der Waals surface area contributed by atoms with E-state index in [1.165, 1.54) is 0 Å². The van der Waals surface area contributed by atoms with Gasteiger partial charge < -0.3 is 14.6 Å². The molecule has 0 aliphatic heterocycles. The summed E-state index contributed by atoms with van der Waals surface area (Å²) in [5.41, 5.74) is 0.944. The third-order valence-corrected chi connectivity index (χ3v) is 2.25. The molecule has 0 aliphatic carbocycles. The Bertz CT molecular complexity index is 284. The molecule has 1 aromatic rings. The van der Waals surface area contributed by atoms with Crippen molar-refractivity contribution in [3.05, 3.63) is 17.5 Å².